The zero-order valence-electron chi connectivity index (χ0n) is 17.6. The summed E-state index contributed by atoms with van der Waals surface area (Å²) in [6, 6.07) is 13.8. The molecule has 10 heteroatoms. The van der Waals surface area contributed by atoms with Gasteiger partial charge in [-0.05, 0) is 53.6 Å². The molecule has 1 heterocycles. The van der Waals surface area contributed by atoms with Crippen LogP contribution in [0.15, 0.2) is 65.1 Å². The van der Waals surface area contributed by atoms with Crippen LogP contribution in [0.2, 0.25) is 0 Å². The third-order valence-corrected chi connectivity index (χ3v) is 5.44. The van der Waals surface area contributed by atoms with Gasteiger partial charge in [-0.25, -0.2) is 10.1 Å². The first kappa shape index (κ1) is 21.7. The molecule has 4 aromatic carbocycles. The van der Waals surface area contributed by atoms with E-state index in [4.69, 9.17) is 14.4 Å². The topological polar surface area (TPSA) is 170 Å². The van der Waals surface area contributed by atoms with Crippen molar-refractivity contribution in [2.24, 2.45) is 0 Å². The van der Waals surface area contributed by atoms with E-state index in [0.29, 0.717) is 21.9 Å². The fourth-order valence-electron chi connectivity index (χ4n) is 3.79. The smallest absolute Gasteiger partial charge is 0.339 e. The Balaban J connectivity index is 1.56. The molecule has 176 valence electrons. The molecule has 0 saturated carbocycles. The van der Waals surface area contributed by atoms with Gasteiger partial charge in [-0.3, -0.25) is 0 Å². The second kappa shape index (κ2) is 8.04. The Morgan fingerprint density at radius 3 is 1.97 bits per heavy atom. The number of carbonyl (C=O) groups is 1. The van der Waals surface area contributed by atoms with Gasteiger partial charge in [-0.2, -0.15) is 0 Å². The number of benzene rings is 4. The lowest BCUT2D eigenvalue weighted by Crippen LogP contribution is -1.95. The predicted octanol–water partition coefficient (Wildman–Crippen LogP) is 5.42. The summed E-state index contributed by atoms with van der Waals surface area (Å²) in [7, 11) is 0. The molecule has 0 spiro atoms. The molecule has 0 amide bonds. The highest BCUT2D eigenvalue weighted by atomic mass is 17.1. The minimum Gasteiger partial charge on any atom is -0.508 e. The maximum atomic E-state index is 11.3. The van der Waals surface area contributed by atoms with E-state index < -0.39 is 11.7 Å². The molecule has 6 N–H and O–H groups in total. The van der Waals surface area contributed by atoms with E-state index in [1.165, 1.54) is 48.5 Å². The highest BCUT2D eigenvalue weighted by Gasteiger charge is 2.20. The van der Waals surface area contributed by atoms with E-state index in [1.54, 1.807) is 12.1 Å². The van der Waals surface area contributed by atoms with E-state index in [2.05, 4.69) is 4.89 Å². The van der Waals surface area contributed by atoms with Gasteiger partial charge in [-0.15, -0.1) is 0 Å². The third-order valence-electron chi connectivity index (χ3n) is 5.44. The van der Waals surface area contributed by atoms with Crippen molar-refractivity contribution in [3.8, 4) is 51.4 Å². The molecule has 5 rings (SSSR count). The highest BCUT2D eigenvalue weighted by molar-refractivity contribution is 6.10. The molecule has 10 nitrogen and oxygen atoms in total. The molecule has 5 aromatic rings. The summed E-state index contributed by atoms with van der Waals surface area (Å²) in [6.07, 6.45) is 0. The van der Waals surface area contributed by atoms with Crippen molar-refractivity contribution in [1.82, 2.24) is 0 Å². The molecule has 0 aliphatic carbocycles. The number of furan rings is 1. The van der Waals surface area contributed by atoms with Crippen molar-refractivity contribution >= 4 is 27.9 Å². The number of phenols is 4. The molecule has 0 atom stereocenters. The van der Waals surface area contributed by atoms with Crippen LogP contribution in [0.3, 0.4) is 0 Å². The normalized spacial score (nSPS) is 11.1. The lowest BCUT2D eigenvalue weighted by Gasteiger charge is -2.11. The molecule has 0 saturated heterocycles. The number of rotatable bonds is 5. The molecule has 0 fully saturated rings. The zero-order chi connectivity index (χ0) is 24.9. The van der Waals surface area contributed by atoms with Crippen LogP contribution in [0.25, 0.3) is 33.1 Å². The molecule has 0 aliphatic rings. The lowest BCUT2D eigenvalue weighted by molar-refractivity contribution is -0.139. The van der Waals surface area contributed by atoms with Crippen LogP contribution in [0.4, 0.5) is 0 Å². The Labute approximate surface area is 195 Å². The Hall–Kier alpha value is -5.09. The number of aromatic carboxylic acids is 1. The first-order valence-electron chi connectivity index (χ1n) is 10.1. The van der Waals surface area contributed by atoms with Crippen molar-refractivity contribution in [1.29, 1.82) is 0 Å². The van der Waals surface area contributed by atoms with Gasteiger partial charge in [-0.1, -0.05) is 12.1 Å². The summed E-state index contributed by atoms with van der Waals surface area (Å²) in [5.41, 5.74) is 1.02. The maximum absolute atomic E-state index is 11.3. The van der Waals surface area contributed by atoms with Gasteiger partial charge in [0.05, 0.1) is 0 Å². The van der Waals surface area contributed by atoms with E-state index in [1.807, 2.05) is 0 Å². The van der Waals surface area contributed by atoms with Gasteiger partial charge in [0.25, 0.3) is 0 Å². The number of ether oxygens (including phenoxy) is 1. The third kappa shape index (κ3) is 3.73. The molecule has 35 heavy (non-hydrogen) atoms. The largest absolute Gasteiger partial charge is 0.508 e. The Kier molecular flexibility index (Phi) is 5.00. The minimum atomic E-state index is -1.33. The monoisotopic (exact) mass is 476 g/mol. The number of carboxylic acids is 1. The van der Waals surface area contributed by atoms with Crippen LogP contribution in [-0.4, -0.2) is 36.8 Å². The lowest BCUT2D eigenvalue weighted by atomic mass is 10.0. The molecule has 0 unspecified atom stereocenters. The van der Waals surface area contributed by atoms with E-state index in [9.17, 15) is 30.3 Å². The predicted molar refractivity (Wildman–Crippen MR) is 123 cm³/mol. The van der Waals surface area contributed by atoms with E-state index >= 15 is 0 Å². The molecular weight excluding hydrogens is 460 g/mol. The number of hydrogen-bond acceptors (Lipinski definition) is 9. The Morgan fingerprint density at radius 2 is 1.37 bits per heavy atom. The number of carboxylic acid groups (broad SMARTS) is 1. The molecular formula is C25H16O10. The van der Waals surface area contributed by atoms with Crippen molar-refractivity contribution < 1.29 is 49.6 Å². The second-order valence-electron chi connectivity index (χ2n) is 7.65. The first-order valence-corrected chi connectivity index (χ1v) is 10.1. The average molecular weight is 476 g/mol. The second-order valence-corrected chi connectivity index (χ2v) is 7.65. The molecule has 0 bridgehead atoms. The van der Waals surface area contributed by atoms with Crippen molar-refractivity contribution in [2.75, 3.05) is 0 Å². The number of hydrogen-bond donors (Lipinski definition) is 6. The molecule has 0 radical (unpaired) electrons. The van der Waals surface area contributed by atoms with Crippen LogP contribution < -0.4 is 9.62 Å². The fraction of sp³-hybridized carbons (Fsp3) is 0. The van der Waals surface area contributed by atoms with Crippen LogP contribution in [-0.2, 0) is 0 Å². The van der Waals surface area contributed by atoms with Crippen molar-refractivity contribution in [3.05, 3.63) is 66.2 Å². The van der Waals surface area contributed by atoms with Crippen molar-refractivity contribution in [2.45, 2.75) is 0 Å². The standard InChI is InChI=1S/C25H16O10/c26-13-7-15-14-9-17(27)16(25(30)31)10-22(14)34-24(15)23(8-13)33-20-3-1-11(5-18(20)28)12-2-4-21(35-32)19(29)6-12/h1-10,26-29,32H,(H,30,31). The highest BCUT2D eigenvalue weighted by Crippen LogP contribution is 2.43. The fourth-order valence-corrected chi connectivity index (χ4v) is 3.79. The summed E-state index contributed by atoms with van der Waals surface area (Å²) in [5.74, 6) is -2.60. The van der Waals surface area contributed by atoms with Crippen LogP contribution in [0, 0.1) is 0 Å². The minimum absolute atomic E-state index is 0.0229. The quantitative estimate of drug-likeness (QED) is 0.142. The maximum Gasteiger partial charge on any atom is 0.339 e. The molecule has 1 aromatic heterocycles. The number of phenolic OH excluding ortho intramolecular Hbond substituents is 3. The zero-order valence-corrected chi connectivity index (χ0v) is 17.6. The van der Waals surface area contributed by atoms with Crippen LogP contribution in [0.5, 0.6) is 40.2 Å². The van der Waals surface area contributed by atoms with Gasteiger partial charge in [0.2, 0.25) is 5.75 Å². The first-order chi connectivity index (χ1) is 16.7. The number of aromatic hydroxyl groups is 4. The van der Waals surface area contributed by atoms with E-state index in [0.717, 1.165) is 0 Å². The van der Waals surface area contributed by atoms with Crippen molar-refractivity contribution in [3.63, 3.8) is 0 Å². The van der Waals surface area contributed by atoms with Gasteiger partial charge < -0.3 is 39.6 Å². The van der Waals surface area contributed by atoms with Crippen LogP contribution >= 0.6 is 0 Å². The molecule has 0 aliphatic heterocycles. The van der Waals surface area contributed by atoms with Crippen LogP contribution in [0.1, 0.15) is 10.4 Å². The Morgan fingerprint density at radius 1 is 0.714 bits per heavy atom. The average Bonchev–Trinajstić information content (AvgIpc) is 3.17. The summed E-state index contributed by atoms with van der Waals surface area (Å²) in [4.78, 5) is 15.4. The van der Waals surface area contributed by atoms with Gasteiger partial charge in [0.1, 0.15) is 22.6 Å². The summed E-state index contributed by atoms with van der Waals surface area (Å²) in [6.45, 7) is 0. The summed E-state index contributed by atoms with van der Waals surface area (Å²) < 4.78 is 11.6. The van der Waals surface area contributed by atoms with E-state index in [-0.39, 0.29) is 51.2 Å². The summed E-state index contributed by atoms with van der Waals surface area (Å²) >= 11 is 0. The summed E-state index contributed by atoms with van der Waals surface area (Å²) in [5, 5.41) is 59.4. The van der Waals surface area contributed by atoms with Gasteiger partial charge in [0.15, 0.2) is 28.6 Å². The SMILES string of the molecule is O=C(O)c1cc2oc3c(Oc4ccc(-c5ccc(OO)c(O)c5)cc4O)cc(O)cc3c2cc1O. The number of fused-ring (bicyclic) bond motifs is 3. The van der Waals surface area contributed by atoms with Gasteiger partial charge >= 0.3 is 5.97 Å². The van der Waals surface area contributed by atoms with Gasteiger partial charge in [0, 0.05) is 16.8 Å². The Bertz CT molecular complexity index is 1630.